The van der Waals surface area contributed by atoms with Gasteiger partial charge >= 0.3 is 0 Å². The van der Waals surface area contributed by atoms with Crippen LogP contribution in [0.25, 0.3) is 0 Å². The molecule has 0 bridgehead atoms. The Balaban J connectivity index is 1.82. The molecular formula is C17H33N. The van der Waals surface area contributed by atoms with E-state index in [1.54, 1.807) is 0 Å². The summed E-state index contributed by atoms with van der Waals surface area (Å²) in [7, 11) is 0. The second-order valence-corrected chi connectivity index (χ2v) is 7.30. The molecule has 0 aromatic rings. The standard InChI is InChI=1S/C17H33N/c1-13(2)9-12-17(15-10-11-15)18-16-8-6-4-5-7-14(16)3/h13-18H,4-12H2,1-3H3. The van der Waals surface area contributed by atoms with Crippen LogP contribution in [0.3, 0.4) is 0 Å². The molecule has 0 saturated heterocycles. The summed E-state index contributed by atoms with van der Waals surface area (Å²) in [6.45, 7) is 7.19. The van der Waals surface area contributed by atoms with Crippen molar-refractivity contribution in [3.63, 3.8) is 0 Å². The molecule has 0 spiro atoms. The highest BCUT2D eigenvalue weighted by Crippen LogP contribution is 2.36. The molecule has 0 heterocycles. The van der Waals surface area contributed by atoms with E-state index in [1.165, 1.54) is 57.8 Å². The molecule has 0 aromatic carbocycles. The molecule has 2 aliphatic rings. The fourth-order valence-corrected chi connectivity index (χ4v) is 3.48. The van der Waals surface area contributed by atoms with Crippen molar-refractivity contribution in [3.05, 3.63) is 0 Å². The molecular weight excluding hydrogens is 218 g/mol. The van der Waals surface area contributed by atoms with Gasteiger partial charge < -0.3 is 5.32 Å². The van der Waals surface area contributed by atoms with E-state index in [2.05, 4.69) is 26.1 Å². The Morgan fingerprint density at radius 2 is 1.67 bits per heavy atom. The van der Waals surface area contributed by atoms with E-state index in [0.717, 1.165) is 29.8 Å². The van der Waals surface area contributed by atoms with Gasteiger partial charge in [-0.15, -0.1) is 0 Å². The third-order valence-electron chi connectivity index (χ3n) is 5.04. The summed E-state index contributed by atoms with van der Waals surface area (Å²) in [5, 5.41) is 4.06. The Kier molecular flexibility index (Phi) is 5.54. The lowest BCUT2D eigenvalue weighted by molar-refractivity contribution is 0.286. The number of hydrogen-bond donors (Lipinski definition) is 1. The predicted octanol–water partition coefficient (Wildman–Crippen LogP) is 4.76. The predicted molar refractivity (Wildman–Crippen MR) is 79.8 cm³/mol. The topological polar surface area (TPSA) is 12.0 Å². The number of hydrogen-bond acceptors (Lipinski definition) is 1. The van der Waals surface area contributed by atoms with Gasteiger partial charge in [-0.25, -0.2) is 0 Å². The highest BCUT2D eigenvalue weighted by molar-refractivity contribution is 4.90. The monoisotopic (exact) mass is 251 g/mol. The zero-order valence-corrected chi connectivity index (χ0v) is 12.8. The van der Waals surface area contributed by atoms with Crippen LogP contribution in [0.5, 0.6) is 0 Å². The van der Waals surface area contributed by atoms with Crippen LogP contribution in [0.2, 0.25) is 0 Å². The van der Waals surface area contributed by atoms with Crippen molar-refractivity contribution >= 4 is 0 Å². The molecule has 0 aromatic heterocycles. The Labute approximate surface area is 114 Å². The third kappa shape index (κ3) is 4.57. The summed E-state index contributed by atoms with van der Waals surface area (Å²) in [6, 6.07) is 1.64. The lowest BCUT2D eigenvalue weighted by atomic mass is 9.93. The van der Waals surface area contributed by atoms with E-state index in [-0.39, 0.29) is 0 Å². The van der Waals surface area contributed by atoms with Gasteiger partial charge in [-0.3, -0.25) is 0 Å². The zero-order chi connectivity index (χ0) is 13.0. The van der Waals surface area contributed by atoms with Crippen LogP contribution in [0.4, 0.5) is 0 Å². The molecule has 2 aliphatic carbocycles. The van der Waals surface area contributed by atoms with Gasteiger partial charge in [0.15, 0.2) is 0 Å². The summed E-state index contributed by atoms with van der Waals surface area (Å²) >= 11 is 0. The molecule has 0 aliphatic heterocycles. The molecule has 3 atom stereocenters. The fourth-order valence-electron chi connectivity index (χ4n) is 3.48. The normalized spacial score (nSPS) is 31.3. The number of nitrogens with one attached hydrogen (secondary N) is 1. The van der Waals surface area contributed by atoms with Crippen molar-refractivity contribution in [3.8, 4) is 0 Å². The van der Waals surface area contributed by atoms with Crippen LogP contribution >= 0.6 is 0 Å². The zero-order valence-electron chi connectivity index (χ0n) is 12.8. The maximum Gasteiger partial charge on any atom is 0.00981 e. The summed E-state index contributed by atoms with van der Waals surface area (Å²) in [5.74, 6) is 2.77. The molecule has 2 fully saturated rings. The molecule has 18 heavy (non-hydrogen) atoms. The van der Waals surface area contributed by atoms with Crippen LogP contribution < -0.4 is 5.32 Å². The van der Waals surface area contributed by atoms with Crippen molar-refractivity contribution in [2.75, 3.05) is 0 Å². The maximum atomic E-state index is 4.06. The van der Waals surface area contributed by atoms with E-state index in [0.29, 0.717) is 0 Å². The van der Waals surface area contributed by atoms with E-state index in [9.17, 15) is 0 Å². The average molecular weight is 251 g/mol. The largest absolute Gasteiger partial charge is 0.311 e. The highest BCUT2D eigenvalue weighted by atomic mass is 15.0. The Morgan fingerprint density at radius 3 is 2.33 bits per heavy atom. The molecule has 0 radical (unpaired) electrons. The van der Waals surface area contributed by atoms with E-state index in [4.69, 9.17) is 0 Å². The second kappa shape index (κ2) is 6.93. The molecule has 0 amide bonds. The lowest BCUT2D eigenvalue weighted by Gasteiger charge is -2.29. The lowest BCUT2D eigenvalue weighted by Crippen LogP contribution is -2.43. The SMILES string of the molecule is CC(C)CCC(NC1CCCCCC1C)C1CC1. The summed E-state index contributed by atoms with van der Waals surface area (Å²) in [6.07, 6.45) is 13.0. The van der Waals surface area contributed by atoms with E-state index in [1.807, 2.05) is 0 Å². The fraction of sp³-hybridized carbons (Fsp3) is 1.00. The van der Waals surface area contributed by atoms with E-state index < -0.39 is 0 Å². The summed E-state index contributed by atoms with van der Waals surface area (Å²) in [5.41, 5.74) is 0. The minimum atomic E-state index is 0.810. The third-order valence-corrected chi connectivity index (χ3v) is 5.04. The van der Waals surface area contributed by atoms with Gasteiger partial charge in [0.05, 0.1) is 0 Å². The van der Waals surface area contributed by atoms with Crippen molar-refractivity contribution in [2.24, 2.45) is 17.8 Å². The average Bonchev–Trinajstić information content (AvgIpc) is 3.13. The molecule has 106 valence electrons. The van der Waals surface area contributed by atoms with Gasteiger partial charge in [0.25, 0.3) is 0 Å². The van der Waals surface area contributed by atoms with Gasteiger partial charge in [0, 0.05) is 12.1 Å². The molecule has 2 rings (SSSR count). The van der Waals surface area contributed by atoms with Crippen LogP contribution in [-0.2, 0) is 0 Å². The molecule has 1 nitrogen and oxygen atoms in total. The maximum absolute atomic E-state index is 4.06. The Morgan fingerprint density at radius 1 is 0.944 bits per heavy atom. The molecule has 3 unspecified atom stereocenters. The highest BCUT2D eigenvalue weighted by Gasteiger charge is 2.33. The molecule has 1 N–H and O–H groups in total. The van der Waals surface area contributed by atoms with Gasteiger partial charge in [0.1, 0.15) is 0 Å². The Bertz CT molecular complexity index is 232. The molecule has 1 heteroatoms. The van der Waals surface area contributed by atoms with Crippen LogP contribution in [0.1, 0.15) is 78.6 Å². The first-order valence-electron chi connectivity index (χ1n) is 8.43. The minimum absolute atomic E-state index is 0.810. The van der Waals surface area contributed by atoms with Gasteiger partial charge in [-0.05, 0) is 56.3 Å². The van der Waals surface area contributed by atoms with Crippen LogP contribution in [0, 0.1) is 17.8 Å². The molecule has 2 saturated carbocycles. The van der Waals surface area contributed by atoms with E-state index >= 15 is 0 Å². The first kappa shape index (κ1) is 14.4. The van der Waals surface area contributed by atoms with Gasteiger partial charge in [-0.2, -0.15) is 0 Å². The van der Waals surface area contributed by atoms with Gasteiger partial charge in [0.2, 0.25) is 0 Å². The summed E-state index contributed by atoms with van der Waals surface area (Å²) < 4.78 is 0. The van der Waals surface area contributed by atoms with Crippen LogP contribution in [-0.4, -0.2) is 12.1 Å². The Hall–Kier alpha value is -0.0400. The smallest absolute Gasteiger partial charge is 0.00981 e. The minimum Gasteiger partial charge on any atom is -0.311 e. The van der Waals surface area contributed by atoms with Crippen molar-refractivity contribution in [1.82, 2.24) is 5.32 Å². The van der Waals surface area contributed by atoms with Crippen molar-refractivity contribution in [2.45, 2.75) is 90.6 Å². The quantitative estimate of drug-likeness (QED) is 0.671. The first-order chi connectivity index (χ1) is 8.66. The van der Waals surface area contributed by atoms with Gasteiger partial charge in [-0.1, -0.05) is 40.0 Å². The van der Waals surface area contributed by atoms with Crippen molar-refractivity contribution in [1.29, 1.82) is 0 Å². The summed E-state index contributed by atoms with van der Waals surface area (Å²) in [4.78, 5) is 0. The first-order valence-corrected chi connectivity index (χ1v) is 8.43. The second-order valence-electron chi connectivity index (χ2n) is 7.30. The van der Waals surface area contributed by atoms with Crippen LogP contribution in [0.15, 0.2) is 0 Å². The van der Waals surface area contributed by atoms with Crippen molar-refractivity contribution < 1.29 is 0 Å². The number of rotatable bonds is 6.